The van der Waals surface area contributed by atoms with Gasteiger partial charge in [0.1, 0.15) is 29.1 Å². The Balaban J connectivity index is 1.70. The van der Waals surface area contributed by atoms with Gasteiger partial charge in [-0.3, -0.25) is 14.5 Å². The molecule has 0 aliphatic carbocycles. The number of carbonyl (C=O) groups excluding carboxylic acids is 2. The Hall–Kier alpha value is -4.00. The number of carbonyl (C=O) groups is 2. The third-order valence-electron chi connectivity index (χ3n) is 5.36. The van der Waals surface area contributed by atoms with E-state index in [0.717, 1.165) is 16.2 Å². The minimum atomic E-state index is -1.02. The fourth-order valence-electron chi connectivity index (χ4n) is 3.95. The second kappa shape index (κ2) is 6.81. The number of furan rings is 1. The topological polar surface area (TPSA) is 100 Å². The number of ketones is 1. The Bertz CT molecular complexity index is 1190. The summed E-state index contributed by atoms with van der Waals surface area (Å²) in [5.74, 6) is -1.14. The molecule has 1 fully saturated rings. The van der Waals surface area contributed by atoms with E-state index >= 15 is 0 Å². The zero-order valence-corrected chi connectivity index (χ0v) is 15.7. The van der Waals surface area contributed by atoms with E-state index in [0.29, 0.717) is 24.4 Å². The lowest BCUT2D eigenvalue weighted by Gasteiger charge is -2.24. The van der Waals surface area contributed by atoms with Crippen molar-refractivity contribution in [1.82, 2.24) is 0 Å². The highest BCUT2D eigenvalue weighted by Gasteiger charge is 2.49. The van der Waals surface area contributed by atoms with E-state index in [1.807, 2.05) is 0 Å². The summed E-state index contributed by atoms with van der Waals surface area (Å²) in [4.78, 5) is 27.1. The van der Waals surface area contributed by atoms with Gasteiger partial charge in [-0.05, 0) is 48.0 Å². The number of Topliss-reactive ketones (excluding diaryl/α,β-unsaturated/α-hetero) is 1. The number of aromatic hydroxyl groups is 1. The largest absolute Gasteiger partial charge is 0.507 e. The second-order valence-electron chi connectivity index (χ2n) is 7.09. The lowest BCUT2D eigenvalue weighted by molar-refractivity contribution is -0.132. The number of para-hydroxylation sites is 2. The van der Waals surface area contributed by atoms with Crippen molar-refractivity contribution in [3.05, 3.63) is 83.3 Å². The first-order valence-corrected chi connectivity index (χ1v) is 9.45. The summed E-state index contributed by atoms with van der Waals surface area (Å²) in [6, 6.07) is 13.6. The molecule has 7 nitrogen and oxygen atoms in total. The molecule has 1 amide bonds. The molecule has 0 radical (unpaired) electrons. The van der Waals surface area contributed by atoms with E-state index in [9.17, 15) is 19.8 Å². The highest BCUT2D eigenvalue weighted by molar-refractivity contribution is 6.51. The summed E-state index contributed by atoms with van der Waals surface area (Å²) in [5.41, 5.74) is 1.38. The van der Waals surface area contributed by atoms with Crippen molar-refractivity contribution in [3.8, 4) is 11.5 Å². The number of nitrogens with zero attached hydrogens (tertiary/aromatic N) is 1. The van der Waals surface area contributed by atoms with Crippen molar-refractivity contribution in [2.24, 2.45) is 0 Å². The monoisotopic (exact) mass is 403 g/mol. The molecule has 3 heterocycles. The minimum Gasteiger partial charge on any atom is -0.507 e. The summed E-state index contributed by atoms with van der Waals surface area (Å²) in [6.45, 7) is 0.559. The van der Waals surface area contributed by atoms with E-state index in [2.05, 4.69) is 0 Å². The molecule has 2 aliphatic heterocycles. The van der Waals surface area contributed by atoms with Gasteiger partial charge in [0.25, 0.3) is 11.7 Å². The number of fused-ring (bicyclic) bond motifs is 1. The molecule has 1 unspecified atom stereocenters. The summed E-state index contributed by atoms with van der Waals surface area (Å²) >= 11 is 0. The minimum absolute atomic E-state index is 0.0999. The van der Waals surface area contributed by atoms with Gasteiger partial charge in [-0.15, -0.1) is 0 Å². The van der Waals surface area contributed by atoms with Gasteiger partial charge in [0.05, 0.1) is 24.1 Å². The fourth-order valence-corrected chi connectivity index (χ4v) is 3.95. The molecule has 2 aliphatic rings. The van der Waals surface area contributed by atoms with Crippen molar-refractivity contribution in [3.63, 3.8) is 0 Å². The molecule has 5 rings (SSSR count). The molecule has 7 heteroatoms. The Labute approximate surface area is 171 Å². The highest BCUT2D eigenvalue weighted by Crippen LogP contribution is 2.45. The first-order valence-electron chi connectivity index (χ1n) is 9.45. The maximum absolute atomic E-state index is 13.0. The highest BCUT2D eigenvalue weighted by atomic mass is 16.5. The number of aliphatic hydroxyl groups is 1. The average Bonchev–Trinajstić information content (AvgIpc) is 3.48. The lowest BCUT2D eigenvalue weighted by atomic mass is 9.97. The Morgan fingerprint density at radius 1 is 1.07 bits per heavy atom. The number of amides is 1. The van der Waals surface area contributed by atoms with Gasteiger partial charge in [-0.25, -0.2) is 0 Å². The SMILES string of the molecule is O=C1C(=O)N(c2ccccc2O)C(c2ccco2)/C1=C(/O)c1ccc2c(c1)CCO2. The molecule has 0 spiro atoms. The van der Waals surface area contributed by atoms with Crippen molar-refractivity contribution in [1.29, 1.82) is 0 Å². The zero-order chi connectivity index (χ0) is 20.8. The molecule has 0 bridgehead atoms. The molecule has 2 aromatic carbocycles. The number of anilines is 1. The predicted molar refractivity (Wildman–Crippen MR) is 107 cm³/mol. The molecular weight excluding hydrogens is 386 g/mol. The molecule has 30 heavy (non-hydrogen) atoms. The maximum Gasteiger partial charge on any atom is 0.300 e. The van der Waals surface area contributed by atoms with E-state index in [1.165, 1.54) is 18.4 Å². The van der Waals surface area contributed by atoms with Crippen LogP contribution in [0.4, 0.5) is 5.69 Å². The molecule has 0 saturated carbocycles. The lowest BCUT2D eigenvalue weighted by Crippen LogP contribution is -2.29. The van der Waals surface area contributed by atoms with Crippen molar-refractivity contribution < 1.29 is 29.0 Å². The van der Waals surface area contributed by atoms with Gasteiger partial charge in [-0.2, -0.15) is 0 Å². The Kier molecular flexibility index (Phi) is 4.10. The summed E-state index contributed by atoms with van der Waals surface area (Å²) in [7, 11) is 0. The molecule has 3 aromatic rings. The second-order valence-corrected chi connectivity index (χ2v) is 7.09. The number of aliphatic hydroxyl groups excluding tert-OH is 1. The molecular formula is C23H17NO6. The van der Waals surface area contributed by atoms with Crippen molar-refractivity contribution in [2.75, 3.05) is 11.5 Å². The number of benzene rings is 2. The molecule has 1 aromatic heterocycles. The average molecular weight is 403 g/mol. The van der Waals surface area contributed by atoms with Gasteiger partial charge < -0.3 is 19.4 Å². The molecule has 1 saturated heterocycles. The maximum atomic E-state index is 13.0. The van der Waals surface area contributed by atoms with Crippen LogP contribution in [0.5, 0.6) is 11.5 Å². The van der Waals surface area contributed by atoms with Crippen LogP contribution in [-0.4, -0.2) is 28.5 Å². The number of phenols is 1. The third kappa shape index (κ3) is 2.67. The van der Waals surface area contributed by atoms with Crippen LogP contribution in [0.3, 0.4) is 0 Å². The zero-order valence-electron chi connectivity index (χ0n) is 15.7. The number of phenolic OH excluding ortho intramolecular Hbond substituents is 1. The van der Waals surface area contributed by atoms with Gasteiger partial charge in [0.2, 0.25) is 0 Å². The summed E-state index contributed by atoms with van der Waals surface area (Å²) in [5, 5.41) is 21.4. The normalized spacial score (nSPS) is 19.7. The number of ether oxygens (including phenoxy) is 1. The van der Waals surface area contributed by atoms with Gasteiger partial charge in [-0.1, -0.05) is 12.1 Å². The Morgan fingerprint density at radius 3 is 2.67 bits per heavy atom. The third-order valence-corrected chi connectivity index (χ3v) is 5.36. The number of rotatable bonds is 3. The Morgan fingerprint density at radius 2 is 1.90 bits per heavy atom. The molecule has 150 valence electrons. The summed E-state index contributed by atoms with van der Waals surface area (Å²) < 4.78 is 11.0. The predicted octanol–water partition coefficient (Wildman–Crippen LogP) is 3.55. The quantitative estimate of drug-likeness (QED) is 0.394. The van der Waals surface area contributed by atoms with E-state index in [1.54, 1.807) is 42.5 Å². The number of hydrogen-bond donors (Lipinski definition) is 2. The van der Waals surface area contributed by atoms with Crippen LogP contribution in [-0.2, 0) is 16.0 Å². The van der Waals surface area contributed by atoms with E-state index in [-0.39, 0.29) is 22.8 Å². The van der Waals surface area contributed by atoms with Gasteiger partial charge in [0.15, 0.2) is 0 Å². The van der Waals surface area contributed by atoms with Crippen molar-refractivity contribution in [2.45, 2.75) is 12.5 Å². The number of hydrogen-bond acceptors (Lipinski definition) is 6. The molecule has 2 N–H and O–H groups in total. The smallest absolute Gasteiger partial charge is 0.300 e. The van der Waals surface area contributed by atoms with E-state index in [4.69, 9.17) is 9.15 Å². The van der Waals surface area contributed by atoms with Crippen LogP contribution >= 0.6 is 0 Å². The standard InChI is InChI=1S/C23H17NO6/c25-16-5-2-1-4-15(16)24-20(18-6-3-10-29-18)19(22(27)23(24)28)21(26)14-7-8-17-13(12-14)9-11-30-17/h1-8,10,12,20,25-26H,9,11H2/b21-19-. The van der Waals surface area contributed by atoms with Gasteiger partial charge >= 0.3 is 0 Å². The fraction of sp³-hybridized carbons (Fsp3) is 0.130. The van der Waals surface area contributed by atoms with Crippen LogP contribution < -0.4 is 9.64 Å². The van der Waals surface area contributed by atoms with Gasteiger partial charge in [0, 0.05) is 12.0 Å². The summed E-state index contributed by atoms with van der Waals surface area (Å²) in [6.07, 6.45) is 2.12. The van der Waals surface area contributed by atoms with E-state index < -0.39 is 17.7 Å². The van der Waals surface area contributed by atoms with Crippen LogP contribution in [0.1, 0.15) is 22.9 Å². The van der Waals surface area contributed by atoms with Crippen LogP contribution in [0, 0.1) is 0 Å². The van der Waals surface area contributed by atoms with Crippen LogP contribution in [0.2, 0.25) is 0 Å². The van der Waals surface area contributed by atoms with Crippen molar-refractivity contribution >= 4 is 23.1 Å². The van der Waals surface area contributed by atoms with Crippen LogP contribution in [0.25, 0.3) is 5.76 Å². The molecule has 1 atom stereocenters. The first-order chi connectivity index (χ1) is 14.6. The first kappa shape index (κ1) is 18.1. The van der Waals surface area contributed by atoms with Crippen LogP contribution in [0.15, 0.2) is 70.9 Å².